The molecule has 0 aromatic heterocycles. The van der Waals surface area contributed by atoms with Gasteiger partial charge in [0.1, 0.15) is 0 Å². The molecule has 2 aliphatic heterocycles. The van der Waals surface area contributed by atoms with Crippen LogP contribution in [0.3, 0.4) is 0 Å². The molecule has 2 heterocycles. The molecule has 28 heavy (non-hydrogen) atoms. The van der Waals surface area contributed by atoms with Crippen LogP contribution in [-0.2, 0) is 0 Å². The van der Waals surface area contributed by atoms with E-state index in [9.17, 15) is 0 Å². The van der Waals surface area contributed by atoms with E-state index in [4.69, 9.17) is 4.99 Å². The molecule has 1 aromatic carbocycles. The van der Waals surface area contributed by atoms with Crippen LogP contribution in [0.4, 0.5) is 0 Å². The van der Waals surface area contributed by atoms with Gasteiger partial charge in [-0.2, -0.15) is 0 Å². The summed E-state index contributed by atoms with van der Waals surface area (Å²) in [6.45, 7) is 10.3. The summed E-state index contributed by atoms with van der Waals surface area (Å²) in [5, 5.41) is 0. The molecular formula is C23H34N4S. The van der Waals surface area contributed by atoms with E-state index in [0.717, 1.165) is 31.6 Å². The normalized spacial score (nSPS) is 26.7. The number of benzene rings is 1. The second-order valence-electron chi connectivity index (χ2n) is 9.32. The van der Waals surface area contributed by atoms with Crippen LogP contribution in [0.15, 0.2) is 34.2 Å². The van der Waals surface area contributed by atoms with E-state index in [-0.39, 0.29) is 0 Å². The standard InChI is InChI=1S/C23H34N4S/c1-17(2)18-8-10-21(11-9-18)28-27-16-22(19-6-7-19)24-23(27)26-14-12-25(13-15-26)20-4-3-5-20/h8-11,17,19-20,22H,3-7,12-16H2,1-2H3. The maximum Gasteiger partial charge on any atom is 0.207 e. The van der Waals surface area contributed by atoms with Gasteiger partial charge in [-0.1, -0.05) is 32.4 Å². The molecule has 0 bridgehead atoms. The van der Waals surface area contributed by atoms with Gasteiger partial charge >= 0.3 is 0 Å². The Morgan fingerprint density at radius 3 is 2.25 bits per heavy atom. The average Bonchev–Trinajstić information content (AvgIpc) is 3.43. The molecule has 5 heteroatoms. The molecule has 0 amide bonds. The molecule has 0 spiro atoms. The van der Waals surface area contributed by atoms with Crippen LogP contribution in [0.1, 0.15) is 57.4 Å². The number of nitrogens with zero attached hydrogens (tertiary/aromatic N) is 4. The van der Waals surface area contributed by atoms with Gasteiger partial charge in [-0.05, 0) is 67.2 Å². The third kappa shape index (κ3) is 3.93. The highest BCUT2D eigenvalue weighted by Gasteiger charge is 2.40. The van der Waals surface area contributed by atoms with E-state index in [2.05, 4.69) is 52.2 Å². The summed E-state index contributed by atoms with van der Waals surface area (Å²) in [4.78, 5) is 11.8. The van der Waals surface area contributed by atoms with Gasteiger partial charge in [-0.15, -0.1) is 0 Å². The summed E-state index contributed by atoms with van der Waals surface area (Å²) < 4.78 is 2.49. The molecule has 1 atom stereocenters. The minimum atomic E-state index is 0.516. The first-order valence-electron chi connectivity index (χ1n) is 11.3. The SMILES string of the molecule is CC(C)c1ccc(SN2CC(C3CC3)N=C2N2CCN(C3CCC3)CC2)cc1. The van der Waals surface area contributed by atoms with Gasteiger partial charge in [0.2, 0.25) is 5.96 Å². The zero-order chi connectivity index (χ0) is 19.1. The van der Waals surface area contributed by atoms with Crippen LogP contribution in [0.25, 0.3) is 0 Å². The summed E-state index contributed by atoms with van der Waals surface area (Å²) in [5.74, 6) is 2.68. The minimum absolute atomic E-state index is 0.516. The summed E-state index contributed by atoms with van der Waals surface area (Å²) in [5.41, 5.74) is 1.42. The number of hydrogen-bond donors (Lipinski definition) is 0. The summed E-state index contributed by atoms with van der Waals surface area (Å²) in [6.07, 6.45) is 7.01. The largest absolute Gasteiger partial charge is 0.340 e. The lowest BCUT2D eigenvalue weighted by atomic mass is 9.91. The van der Waals surface area contributed by atoms with Gasteiger partial charge < -0.3 is 4.90 Å². The van der Waals surface area contributed by atoms with Crippen molar-refractivity contribution < 1.29 is 0 Å². The van der Waals surface area contributed by atoms with Crippen LogP contribution in [0.2, 0.25) is 0 Å². The molecule has 0 radical (unpaired) electrons. The number of rotatable bonds is 5. The molecule has 2 saturated carbocycles. The van der Waals surface area contributed by atoms with Gasteiger partial charge in [-0.3, -0.25) is 9.21 Å². The Morgan fingerprint density at radius 1 is 0.964 bits per heavy atom. The number of aliphatic imine (C=N–C) groups is 1. The van der Waals surface area contributed by atoms with Gasteiger partial charge in [0.05, 0.1) is 12.6 Å². The summed E-state index contributed by atoms with van der Waals surface area (Å²) >= 11 is 1.89. The molecular weight excluding hydrogens is 364 g/mol. The minimum Gasteiger partial charge on any atom is -0.340 e. The Bertz CT molecular complexity index is 700. The number of guanidine groups is 1. The van der Waals surface area contributed by atoms with Gasteiger partial charge in [0, 0.05) is 37.1 Å². The third-order valence-corrected chi connectivity index (χ3v) is 7.99. The Morgan fingerprint density at radius 2 is 1.68 bits per heavy atom. The quantitative estimate of drug-likeness (QED) is 0.684. The topological polar surface area (TPSA) is 22.1 Å². The van der Waals surface area contributed by atoms with Crippen molar-refractivity contribution in [1.82, 2.24) is 14.1 Å². The second kappa shape index (κ2) is 7.91. The van der Waals surface area contributed by atoms with Crippen LogP contribution < -0.4 is 0 Å². The Labute approximate surface area is 174 Å². The fourth-order valence-electron chi connectivity index (χ4n) is 4.64. The second-order valence-corrected chi connectivity index (χ2v) is 10.4. The summed E-state index contributed by atoms with van der Waals surface area (Å²) in [6, 6.07) is 10.5. The zero-order valence-corrected chi connectivity index (χ0v) is 18.2. The van der Waals surface area contributed by atoms with Crippen LogP contribution in [-0.4, -0.2) is 64.9 Å². The maximum atomic E-state index is 5.23. The van der Waals surface area contributed by atoms with E-state index >= 15 is 0 Å². The molecule has 1 unspecified atom stereocenters. The van der Waals surface area contributed by atoms with Crippen molar-refractivity contribution in [3.63, 3.8) is 0 Å². The van der Waals surface area contributed by atoms with Crippen molar-refractivity contribution in [2.75, 3.05) is 32.7 Å². The molecule has 4 aliphatic rings. The summed E-state index contributed by atoms with van der Waals surface area (Å²) in [7, 11) is 0. The number of hydrogen-bond acceptors (Lipinski definition) is 5. The lowest BCUT2D eigenvalue weighted by Gasteiger charge is -2.44. The van der Waals surface area contributed by atoms with Crippen molar-refractivity contribution >= 4 is 17.9 Å². The van der Waals surface area contributed by atoms with Crippen molar-refractivity contribution in [3.8, 4) is 0 Å². The first kappa shape index (κ1) is 18.8. The Balaban J connectivity index is 1.26. The molecule has 2 aliphatic carbocycles. The predicted molar refractivity (Wildman–Crippen MR) is 118 cm³/mol. The van der Waals surface area contributed by atoms with Crippen LogP contribution in [0, 0.1) is 5.92 Å². The molecule has 3 fully saturated rings. The fourth-order valence-corrected chi connectivity index (χ4v) is 5.62. The molecule has 1 aromatic rings. The fraction of sp³-hybridized carbons (Fsp3) is 0.696. The van der Waals surface area contributed by atoms with Crippen molar-refractivity contribution in [2.24, 2.45) is 10.9 Å². The van der Waals surface area contributed by atoms with Crippen molar-refractivity contribution in [1.29, 1.82) is 0 Å². The lowest BCUT2D eigenvalue weighted by Crippen LogP contribution is -2.55. The van der Waals surface area contributed by atoms with Crippen LogP contribution in [0.5, 0.6) is 0 Å². The highest BCUT2D eigenvalue weighted by molar-refractivity contribution is 7.97. The van der Waals surface area contributed by atoms with E-state index in [1.807, 2.05) is 11.9 Å². The molecule has 5 rings (SSSR count). The monoisotopic (exact) mass is 398 g/mol. The molecule has 4 nitrogen and oxygen atoms in total. The van der Waals surface area contributed by atoms with E-state index in [1.54, 1.807) is 0 Å². The average molecular weight is 399 g/mol. The number of piperazine rings is 1. The van der Waals surface area contributed by atoms with Crippen molar-refractivity contribution in [3.05, 3.63) is 29.8 Å². The Hall–Kier alpha value is -1.20. The third-order valence-electron chi connectivity index (χ3n) is 6.97. The van der Waals surface area contributed by atoms with Gasteiger partial charge in [-0.25, -0.2) is 4.99 Å². The first-order chi connectivity index (χ1) is 13.7. The lowest BCUT2D eigenvalue weighted by molar-refractivity contribution is 0.0835. The van der Waals surface area contributed by atoms with Gasteiger partial charge in [0.15, 0.2) is 0 Å². The maximum absolute atomic E-state index is 5.23. The highest BCUT2D eigenvalue weighted by atomic mass is 32.2. The smallest absolute Gasteiger partial charge is 0.207 e. The van der Waals surface area contributed by atoms with Crippen molar-refractivity contribution in [2.45, 2.75) is 68.8 Å². The molecule has 152 valence electrons. The van der Waals surface area contributed by atoms with Crippen LogP contribution >= 0.6 is 11.9 Å². The molecule has 0 N–H and O–H groups in total. The van der Waals surface area contributed by atoms with E-state index in [0.29, 0.717) is 12.0 Å². The zero-order valence-electron chi connectivity index (χ0n) is 17.4. The van der Waals surface area contributed by atoms with Gasteiger partial charge in [0.25, 0.3) is 0 Å². The van der Waals surface area contributed by atoms with E-state index < -0.39 is 0 Å². The first-order valence-corrected chi connectivity index (χ1v) is 12.1. The Kier molecular flexibility index (Phi) is 5.31. The van der Waals surface area contributed by atoms with E-state index in [1.165, 1.54) is 61.6 Å². The highest BCUT2D eigenvalue weighted by Crippen LogP contribution is 2.40. The molecule has 1 saturated heterocycles. The predicted octanol–water partition coefficient (Wildman–Crippen LogP) is 4.44.